The predicted octanol–water partition coefficient (Wildman–Crippen LogP) is 10.6. The number of halogens is 1. The second kappa shape index (κ2) is 15.7. The molecule has 0 bridgehead atoms. The molecule has 0 amide bonds. The Morgan fingerprint density at radius 1 is 0.760 bits per heavy atom. The van der Waals surface area contributed by atoms with Crippen molar-refractivity contribution in [3.63, 3.8) is 0 Å². The molecule has 0 spiro atoms. The van der Waals surface area contributed by atoms with Crippen molar-refractivity contribution in [1.29, 1.82) is 0 Å². The zero-order valence-electron chi connectivity index (χ0n) is 35.3. The molecule has 0 aliphatic carbocycles. The number of fused-ring (bicyclic) bond motifs is 1. The Bertz CT molecular complexity index is 1350. The third-order valence-corrected chi connectivity index (χ3v) is 30.8. The van der Waals surface area contributed by atoms with Gasteiger partial charge in [-0.2, -0.15) is 0 Å². The summed E-state index contributed by atoms with van der Waals surface area (Å²) < 4.78 is 41.9. The molecule has 1 aromatic heterocycles. The molecule has 0 aromatic carbocycles. The number of alkyl halides is 1. The van der Waals surface area contributed by atoms with E-state index in [0.717, 1.165) is 4.43 Å². The lowest BCUT2D eigenvalue weighted by molar-refractivity contribution is -0.132. The maximum absolute atomic E-state index is 14.0. The topological polar surface area (TPSA) is 96.6 Å². The summed E-state index contributed by atoms with van der Waals surface area (Å²) in [5.74, 6) is 0.932. The fraction of sp³-hybridized carbons (Fsp3) is 0.865. The molecule has 292 valence electrons. The Hall–Kier alpha value is 0.148. The van der Waals surface area contributed by atoms with Crippen molar-refractivity contribution in [3.05, 3.63) is 27.8 Å². The van der Waals surface area contributed by atoms with Crippen LogP contribution in [0.15, 0.2) is 15.3 Å². The second-order valence-electron chi connectivity index (χ2n) is 20.4. The van der Waals surface area contributed by atoms with Crippen molar-refractivity contribution in [2.24, 2.45) is 0 Å². The summed E-state index contributed by atoms with van der Waals surface area (Å²) in [5.41, 5.74) is -0.142. The van der Waals surface area contributed by atoms with E-state index in [-0.39, 0.29) is 26.8 Å². The van der Waals surface area contributed by atoms with Gasteiger partial charge >= 0.3 is 5.63 Å². The quantitative estimate of drug-likeness (QED) is 0.119. The van der Waals surface area contributed by atoms with E-state index in [0.29, 0.717) is 23.5 Å². The minimum absolute atomic E-state index is 0.0288. The van der Waals surface area contributed by atoms with Gasteiger partial charge in [0.1, 0.15) is 35.4 Å². The summed E-state index contributed by atoms with van der Waals surface area (Å²) in [7, 11) is -9.70. The van der Waals surface area contributed by atoms with E-state index in [1.54, 1.807) is 0 Å². The van der Waals surface area contributed by atoms with Gasteiger partial charge < -0.3 is 32.0 Å². The highest BCUT2D eigenvalue weighted by molar-refractivity contribution is 14.1. The Balaban J connectivity index is 2.94. The van der Waals surface area contributed by atoms with Crippen LogP contribution in [-0.4, -0.2) is 73.8 Å². The molecule has 8 nitrogen and oxygen atoms in total. The summed E-state index contributed by atoms with van der Waals surface area (Å²) in [5, 5.41) is 12.3. The number of aryl methyl sites for hydroxylation is 1. The lowest BCUT2D eigenvalue weighted by Crippen LogP contribution is -2.62. The number of hydrogen-bond donors (Lipinski definition) is 1. The standard InChI is InChI=1S/C37H73IO8Si4/c1-34(2,3)47(13,14)41-24-27(44-48(15,16)35(4,5)6)29(39)31-32(46-50(19,20)37(10,11)12)30(45-49(17,18)36(7,8)9)28-26(43-31)23-25(21-22-38)42-33(28)40/h23,27,29-32,39H,21-22,24H2,1-20H3/t27-,29-,30+,31+,32-/m1/s1. The Morgan fingerprint density at radius 2 is 1.22 bits per heavy atom. The molecule has 1 aliphatic rings. The smallest absolute Gasteiger partial charge is 0.345 e. The highest BCUT2D eigenvalue weighted by Crippen LogP contribution is 2.49. The van der Waals surface area contributed by atoms with E-state index in [2.05, 4.69) is 158 Å². The summed E-state index contributed by atoms with van der Waals surface area (Å²) in [6.45, 7) is 44.1. The van der Waals surface area contributed by atoms with Crippen LogP contribution in [0, 0.1) is 0 Å². The lowest BCUT2D eigenvalue weighted by atomic mass is 9.92. The van der Waals surface area contributed by atoms with Crippen LogP contribution >= 0.6 is 22.6 Å². The SMILES string of the molecule is CC(C)(C)[Si](C)(C)OC[C@@H](O[Si](C)(C)C(C)(C)C)[C@@H](O)[C@@H]1Oc2cc(CCI)oc(=O)c2[C@H](O[Si](C)(C)C(C)(C)C)[C@H]1O[Si](C)(C)C(C)(C)C. The molecule has 2 heterocycles. The van der Waals surface area contributed by atoms with Crippen molar-refractivity contribution >= 4 is 55.9 Å². The molecular weight excluding hydrogens is 812 g/mol. The molecule has 5 atom stereocenters. The summed E-state index contributed by atoms with van der Waals surface area (Å²) in [4.78, 5) is 14.0. The lowest BCUT2D eigenvalue weighted by Gasteiger charge is -2.50. The normalized spacial score (nSPS) is 21.4. The molecule has 0 fully saturated rings. The number of rotatable bonds is 13. The van der Waals surface area contributed by atoms with Crippen molar-refractivity contribution in [2.45, 2.75) is 193 Å². The van der Waals surface area contributed by atoms with Crippen LogP contribution in [0.2, 0.25) is 72.5 Å². The molecule has 0 radical (unpaired) electrons. The Kier molecular flexibility index (Phi) is 14.6. The molecule has 0 unspecified atom stereocenters. The van der Waals surface area contributed by atoms with E-state index in [9.17, 15) is 9.90 Å². The molecule has 1 N–H and O–H groups in total. The second-order valence-corrected chi connectivity index (χ2v) is 40.6. The van der Waals surface area contributed by atoms with Gasteiger partial charge in [-0.1, -0.05) is 106 Å². The van der Waals surface area contributed by atoms with Crippen LogP contribution in [-0.2, 0) is 24.1 Å². The van der Waals surface area contributed by atoms with Gasteiger partial charge in [-0.25, -0.2) is 4.79 Å². The minimum atomic E-state index is -2.54. The highest BCUT2D eigenvalue weighted by Gasteiger charge is 2.55. The van der Waals surface area contributed by atoms with Crippen molar-refractivity contribution in [3.8, 4) is 5.75 Å². The molecule has 1 aromatic rings. The Labute approximate surface area is 323 Å². The van der Waals surface area contributed by atoms with Crippen LogP contribution in [0.1, 0.15) is 101 Å². The zero-order chi connectivity index (χ0) is 39.3. The first-order valence-electron chi connectivity index (χ1n) is 18.4. The van der Waals surface area contributed by atoms with Gasteiger partial charge in [-0.3, -0.25) is 0 Å². The fourth-order valence-electron chi connectivity index (χ4n) is 4.65. The fourth-order valence-corrected chi connectivity index (χ4v) is 10.1. The minimum Gasteiger partial charge on any atom is -0.484 e. The predicted molar refractivity (Wildman–Crippen MR) is 226 cm³/mol. The average molecular weight is 885 g/mol. The Morgan fingerprint density at radius 3 is 1.66 bits per heavy atom. The maximum atomic E-state index is 14.0. The molecule has 0 saturated heterocycles. The van der Waals surface area contributed by atoms with Crippen molar-refractivity contribution in [1.82, 2.24) is 0 Å². The third kappa shape index (κ3) is 10.7. The number of hydrogen-bond acceptors (Lipinski definition) is 8. The average Bonchev–Trinajstić information content (AvgIpc) is 2.89. The van der Waals surface area contributed by atoms with Crippen molar-refractivity contribution < 1.29 is 32.0 Å². The molecular formula is C37H73IO8Si4. The van der Waals surface area contributed by atoms with Crippen LogP contribution in [0.5, 0.6) is 5.75 Å². The monoisotopic (exact) mass is 884 g/mol. The summed E-state index contributed by atoms with van der Waals surface area (Å²) in [6.07, 6.45) is -3.79. The summed E-state index contributed by atoms with van der Waals surface area (Å²) in [6, 6.07) is 1.81. The van der Waals surface area contributed by atoms with E-state index in [4.69, 9.17) is 26.9 Å². The van der Waals surface area contributed by atoms with Crippen molar-refractivity contribution in [2.75, 3.05) is 11.0 Å². The van der Waals surface area contributed by atoms with Crippen LogP contribution in [0.3, 0.4) is 0 Å². The van der Waals surface area contributed by atoms with Crippen LogP contribution in [0.25, 0.3) is 0 Å². The van der Waals surface area contributed by atoms with E-state index >= 15 is 0 Å². The zero-order valence-corrected chi connectivity index (χ0v) is 41.4. The van der Waals surface area contributed by atoms with E-state index in [1.807, 2.05) is 6.07 Å². The number of ether oxygens (including phenoxy) is 1. The first-order chi connectivity index (χ1) is 22.1. The molecule has 1 aliphatic heterocycles. The third-order valence-electron chi connectivity index (χ3n) is 12.4. The molecule has 50 heavy (non-hydrogen) atoms. The maximum Gasteiger partial charge on any atom is 0.345 e. The van der Waals surface area contributed by atoms with E-state index < -0.39 is 69.4 Å². The summed E-state index contributed by atoms with van der Waals surface area (Å²) >= 11 is 2.28. The molecule has 0 saturated carbocycles. The van der Waals surface area contributed by atoms with Gasteiger partial charge in [-0.05, 0) is 72.5 Å². The highest BCUT2D eigenvalue weighted by atomic mass is 127. The largest absolute Gasteiger partial charge is 0.484 e. The van der Waals surface area contributed by atoms with Gasteiger partial charge in [0.15, 0.2) is 39.4 Å². The van der Waals surface area contributed by atoms with E-state index in [1.165, 1.54) is 0 Å². The van der Waals surface area contributed by atoms with Gasteiger partial charge in [0.25, 0.3) is 0 Å². The molecule has 2 rings (SSSR count). The van der Waals surface area contributed by atoms with Crippen LogP contribution in [0.4, 0.5) is 0 Å². The first-order valence-corrected chi connectivity index (χ1v) is 31.5. The number of aliphatic hydroxyl groups is 1. The van der Waals surface area contributed by atoms with Gasteiger partial charge in [0.05, 0.1) is 12.7 Å². The van der Waals surface area contributed by atoms with Gasteiger partial charge in [0.2, 0.25) is 0 Å². The van der Waals surface area contributed by atoms with Gasteiger partial charge in [-0.15, -0.1) is 0 Å². The number of aliphatic hydroxyl groups excluding tert-OH is 1. The molecule has 13 heteroatoms. The first kappa shape index (κ1) is 46.3. The van der Waals surface area contributed by atoms with Gasteiger partial charge in [0, 0.05) is 16.9 Å². The van der Waals surface area contributed by atoms with Crippen LogP contribution < -0.4 is 10.4 Å².